The van der Waals surface area contributed by atoms with E-state index in [0.717, 1.165) is 9.80 Å². The van der Waals surface area contributed by atoms with Gasteiger partial charge in [-0.25, -0.2) is 0 Å². The van der Waals surface area contributed by atoms with E-state index in [4.69, 9.17) is 18.1 Å². The van der Waals surface area contributed by atoms with Crippen LogP contribution < -0.4 is 39.3 Å². The van der Waals surface area contributed by atoms with Crippen LogP contribution in [-0.2, 0) is 27.8 Å². The van der Waals surface area contributed by atoms with Gasteiger partial charge in [-0.2, -0.15) is 0 Å². The summed E-state index contributed by atoms with van der Waals surface area (Å²) in [6.07, 6.45) is -2.93. The molecule has 16 heteroatoms. The summed E-state index contributed by atoms with van der Waals surface area (Å²) in [6, 6.07) is 56.1. The van der Waals surface area contributed by atoms with Crippen LogP contribution in [0.15, 0.2) is 194 Å². The molecule has 12 nitrogen and oxygen atoms in total. The van der Waals surface area contributed by atoms with Gasteiger partial charge in [0, 0.05) is 22.3 Å². The van der Waals surface area contributed by atoms with Crippen molar-refractivity contribution in [3.05, 3.63) is 194 Å². The third kappa shape index (κ3) is 7.29. The molecule has 0 spiro atoms. The van der Waals surface area contributed by atoms with Gasteiger partial charge in [-0.15, -0.1) is 0 Å². The van der Waals surface area contributed by atoms with Crippen LogP contribution in [0, 0.1) is 0 Å². The van der Waals surface area contributed by atoms with E-state index in [1.165, 1.54) is 0 Å². The molecule has 70 heavy (non-hydrogen) atoms. The average molecular weight is 1000 g/mol. The Kier molecular flexibility index (Phi) is 10.5. The van der Waals surface area contributed by atoms with Gasteiger partial charge >= 0.3 is 11.8 Å². The fraction of sp³-hybridized carbons (Fsp3) is 0.0741. The zero-order valence-corrected chi connectivity index (χ0v) is 40.6. The van der Waals surface area contributed by atoms with Crippen LogP contribution in [0.2, 0.25) is 0 Å². The van der Waals surface area contributed by atoms with E-state index in [-0.39, 0.29) is 21.2 Å². The summed E-state index contributed by atoms with van der Waals surface area (Å²) in [4.78, 5) is 33.4. The number of hydrogen-bond donors (Lipinski definition) is 0. The molecular formula is C54H40N2O10P4. The van der Waals surface area contributed by atoms with Crippen molar-refractivity contribution in [2.24, 2.45) is 0 Å². The first-order valence-corrected chi connectivity index (χ1v) is 29.7. The second-order valence-electron chi connectivity index (χ2n) is 17.4. The number of carbonyl (C=O) groups is 2. The maximum absolute atomic E-state index is 15.8. The molecule has 4 aliphatic rings. The van der Waals surface area contributed by atoms with Crippen LogP contribution in [0.25, 0.3) is 44.5 Å². The van der Waals surface area contributed by atoms with Gasteiger partial charge in [0.05, 0.1) is 21.2 Å². The Bertz CT molecular complexity index is 3240. The van der Waals surface area contributed by atoms with Gasteiger partial charge in [0.2, 0.25) is 0 Å². The van der Waals surface area contributed by atoms with E-state index in [2.05, 4.69) is 0 Å². The maximum Gasteiger partial charge on any atom is 0.313 e. The second kappa shape index (κ2) is 16.8. The van der Waals surface area contributed by atoms with E-state index < -0.39 is 66.4 Å². The maximum atomic E-state index is 15.8. The molecule has 0 bridgehead atoms. The lowest BCUT2D eigenvalue weighted by Gasteiger charge is -2.38. The van der Waals surface area contributed by atoms with E-state index in [0.29, 0.717) is 67.5 Å². The molecule has 0 radical (unpaired) electrons. The molecule has 0 fully saturated rings. The van der Waals surface area contributed by atoms with Crippen molar-refractivity contribution in [2.45, 2.75) is 0 Å². The zero-order chi connectivity index (χ0) is 47.8. The topological polar surface area (TPSA) is 146 Å². The van der Waals surface area contributed by atoms with Gasteiger partial charge in [0.15, 0.2) is 0 Å². The van der Waals surface area contributed by atoms with Crippen LogP contribution in [0.3, 0.4) is 0 Å². The van der Waals surface area contributed by atoms with Crippen LogP contribution in [0.1, 0.15) is 0 Å². The minimum Gasteiger partial charge on any atom is -0.438 e. The molecule has 346 valence electrons. The van der Waals surface area contributed by atoms with E-state index in [1.54, 1.807) is 146 Å². The van der Waals surface area contributed by atoms with Crippen LogP contribution in [0.4, 0.5) is 0 Å². The Morgan fingerprint density at radius 2 is 0.471 bits per heavy atom. The number of amides is 2. The SMILES string of the molecule is O=C(C(=O)N(CP1(=O)Oc2ccccc2-c2ccccc21)CP1(=O)Oc2ccccc2-c2ccccc21)N(CP1(=O)Oc2ccccc2-c2ccccc21)CP1(=O)Oc2ccccc2-c2ccccc21. The van der Waals surface area contributed by atoms with E-state index >= 15 is 27.8 Å². The Morgan fingerprint density at radius 3 is 0.700 bits per heavy atom. The summed E-state index contributed by atoms with van der Waals surface area (Å²) in [6.45, 7) is 0. The van der Waals surface area contributed by atoms with Crippen molar-refractivity contribution in [3.8, 4) is 67.5 Å². The number of benzene rings is 8. The Balaban J connectivity index is 0.998. The minimum atomic E-state index is -4.22. The summed E-state index contributed by atoms with van der Waals surface area (Å²) >= 11 is 0. The van der Waals surface area contributed by atoms with Gasteiger partial charge in [-0.1, -0.05) is 146 Å². The number of fused-ring (bicyclic) bond motifs is 12. The molecule has 2 amide bonds. The van der Waals surface area contributed by atoms with Crippen LogP contribution >= 0.6 is 29.5 Å². The summed E-state index contributed by atoms with van der Waals surface area (Å²) in [5, 5.41) is 1.15. The van der Waals surface area contributed by atoms with Crippen LogP contribution in [-0.4, -0.2) is 46.8 Å². The first-order valence-electron chi connectivity index (χ1n) is 22.4. The highest BCUT2D eigenvalue weighted by Gasteiger charge is 2.49. The van der Waals surface area contributed by atoms with Crippen molar-refractivity contribution >= 4 is 62.5 Å². The summed E-state index contributed by atoms with van der Waals surface area (Å²) < 4.78 is 88.7. The van der Waals surface area contributed by atoms with Crippen molar-refractivity contribution in [1.29, 1.82) is 0 Å². The molecule has 0 saturated heterocycles. The standard InChI is InChI=1S/C54H40N2O10P4/c57-53(55(33-67(59)49-29-13-5-21-41(49)37-17-1-9-25-45(37)63-67)34-68(60)50-30-14-6-22-42(50)38-18-2-10-26-46(38)64-68)54(58)56(35-69(61)51-31-15-7-23-43(51)39-19-3-11-27-47(39)65-69)36-70(62)52-32-16-8-24-44(52)40-20-4-12-28-48(40)66-70/h1-32H,33-36H2. The highest BCUT2D eigenvalue weighted by Crippen LogP contribution is 2.61. The predicted octanol–water partition coefficient (Wildman–Crippen LogP) is 11.1. The lowest BCUT2D eigenvalue weighted by atomic mass is 10.0. The van der Waals surface area contributed by atoms with Crippen LogP contribution in [0.5, 0.6) is 23.0 Å². The molecule has 4 heterocycles. The number of carbonyl (C=O) groups excluding carboxylic acids is 2. The van der Waals surface area contributed by atoms with E-state index in [9.17, 15) is 0 Å². The number of hydrogen-bond acceptors (Lipinski definition) is 10. The molecule has 8 aromatic carbocycles. The summed E-state index contributed by atoms with van der Waals surface area (Å²) in [5.41, 5.74) is 5.12. The van der Waals surface area contributed by atoms with E-state index in [1.807, 2.05) is 48.5 Å². The average Bonchev–Trinajstić information content (AvgIpc) is 3.38. The van der Waals surface area contributed by atoms with Gasteiger partial charge in [0.1, 0.15) is 48.1 Å². The fourth-order valence-electron chi connectivity index (χ4n) is 9.84. The highest BCUT2D eigenvalue weighted by atomic mass is 31.2. The first kappa shape index (κ1) is 44.1. The molecule has 0 N–H and O–H groups in total. The normalized spacial score (nSPS) is 21.5. The minimum absolute atomic E-state index is 0.287. The number of para-hydroxylation sites is 4. The first-order chi connectivity index (χ1) is 33.9. The molecule has 0 saturated carbocycles. The predicted molar refractivity (Wildman–Crippen MR) is 272 cm³/mol. The molecule has 0 aliphatic carbocycles. The Labute approximate surface area is 403 Å². The molecular weight excluding hydrogens is 960 g/mol. The summed E-state index contributed by atoms with van der Waals surface area (Å²) in [5.74, 6) is -1.41. The third-order valence-electron chi connectivity index (χ3n) is 13.0. The number of rotatable bonds is 8. The smallest absolute Gasteiger partial charge is 0.313 e. The summed E-state index contributed by atoms with van der Waals surface area (Å²) in [7, 11) is -16.9. The number of nitrogens with zero attached hydrogens (tertiary/aromatic N) is 2. The lowest BCUT2D eigenvalue weighted by Crippen LogP contribution is -2.49. The van der Waals surface area contributed by atoms with Crippen molar-refractivity contribution in [3.63, 3.8) is 0 Å². The van der Waals surface area contributed by atoms with Crippen molar-refractivity contribution < 1.29 is 45.9 Å². The van der Waals surface area contributed by atoms with Gasteiger partial charge in [-0.3, -0.25) is 27.8 Å². The third-order valence-corrected chi connectivity index (χ3v) is 22.3. The monoisotopic (exact) mass is 1000 g/mol. The quantitative estimate of drug-likeness (QED) is 0.106. The molecule has 4 aliphatic heterocycles. The highest BCUT2D eigenvalue weighted by molar-refractivity contribution is 7.69. The van der Waals surface area contributed by atoms with Gasteiger partial charge < -0.3 is 27.9 Å². The lowest BCUT2D eigenvalue weighted by molar-refractivity contribution is -0.149. The fourth-order valence-corrected chi connectivity index (χ4v) is 19.5. The largest absolute Gasteiger partial charge is 0.438 e. The van der Waals surface area contributed by atoms with Crippen molar-refractivity contribution in [2.75, 3.05) is 25.1 Å². The molecule has 0 aromatic heterocycles. The molecule has 4 unspecified atom stereocenters. The van der Waals surface area contributed by atoms with Gasteiger partial charge in [0.25, 0.3) is 29.5 Å². The molecule has 12 rings (SSSR count). The Hall–Kier alpha value is -7.18. The van der Waals surface area contributed by atoms with Gasteiger partial charge in [-0.05, 0) is 70.8 Å². The van der Waals surface area contributed by atoms with Crippen molar-refractivity contribution in [1.82, 2.24) is 9.80 Å². The Morgan fingerprint density at radius 1 is 0.286 bits per heavy atom. The molecule has 8 aromatic rings. The zero-order valence-electron chi connectivity index (χ0n) is 37.1. The second-order valence-corrected chi connectivity index (χ2v) is 26.5. The molecule has 4 atom stereocenters.